The molecule has 0 aliphatic carbocycles. The SMILES string of the molecule is Cc1nn(-c2ccccc2)c(Cl)c1CNC1C2CNCC1COC2. The second-order valence-corrected chi connectivity index (χ2v) is 7.08. The fourth-order valence-corrected chi connectivity index (χ4v) is 4.15. The molecule has 0 saturated carbocycles. The third-order valence-electron chi connectivity index (χ3n) is 5.13. The third-order valence-corrected chi connectivity index (χ3v) is 5.52. The van der Waals surface area contributed by atoms with E-state index in [0.717, 1.165) is 49.8 Å². The highest BCUT2D eigenvalue weighted by molar-refractivity contribution is 6.30. The number of benzene rings is 1. The van der Waals surface area contributed by atoms with E-state index in [1.165, 1.54) is 0 Å². The number of aryl methyl sites for hydroxylation is 1. The first-order valence-electron chi connectivity index (χ1n) is 8.55. The lowest BCUT2D eigenvalue weighted by Gasteiger charge is -2.43. The van der Waals surface area contributed by atoms with E-state index < -0.39 is 0 Å². The molecule has 1 aromatic carbocycles. The Hall–Kier alpha value is -1.40. The lowest BCUT2D eigenvalue weighted by molar-refractivity contribution is -0.0278. The summed E-state index contributed by atoms with van der Waals surface area (Å²) in [6.07, 6.45) is 0. The van der Waals surface area contributed by atoms with E-state index in [1.807, 2.05) is 41.9 Å². The topological polar surface area (TPSA) is 51.1 Å². The van der Waals surface area contributed by atoms with Gasteiger partial charge >= 0.3 is 0 Å². The Labute approximate surface area is 147 Å². The zero-order valence-electron chi connectivity index (χ0n) is 13.8. The average Bonchev–Trinajstić information content (AvgIpc) is 2.88. The molecule has 2 aliphatic rings. The van der Waals surface area contributed by atoms with Crippen molar-refractivity contribution >= 4 is 11.6 Å². The highest BCUT2D eigenvalue weighted by atomic mass is 35.5. The van der Waals surface area contributed by atoms with Crippen LogP contribution in [-0.2, 0) is 11.3 Å². The summed E-state index contributed by atoms with van der Waals surface area (Å²) >= 11 is 6.63. The molecule has 4 rings (SSSR count). The molecule has 0 spiro atoms. The van der Waals surface area contributed by atoms with Gasteiger partial charge in [0.25, 0.3) is 0 Å². The van der Waals surface area contributed by atoms with Gasteiger partial charge in [-0.25, -0.2) is 4.68 Å². The zero-order valence-corrected chi connectivity index (χ0v) is 14.6. The number of ether oxygens (including phenoxy) is 1. The van der Waals surface area contributed by atoms with Crippen LogP contribution >= 0.6 is 11.6 Å². The van der Waals surface area contributed by atoms with Crippen molar-refractivity contribution in [2.75, 3.05) is 26.3 Å². The number of rotatable bonds is 4. The van der Waals surface area contributed by atoms with Gasteiger partial charge in [-0.15, -0.1) is 0 Å². The van der Waals surface area contributed by atoms with Crippen molar-refractivity contribution in [3.8, 4) is 5.69 Å². The highest BCUT2D eigenvalue weighted by Gasteiger charge is 2.36. The molecule has 2 aliphatic heterocycles. The number of nitrogens with one attached hydrogen (secondary N) is 2. The Morgan fingerprint density at radius 2 is 1.96 bits per heavy atom. The average molecular weight is 347 g/mol. The monoisotopic (exact) mass is 346 g/mol. The molecule has 2 unspecified atom stereocenters. The summed E-state index contributed by atoms with van der Waals surface area (Å²) < 4.78 is 7.53. The quantitative estimate of drug-likeness (QED) is 0.890. The van der Waals surface area contributed by atoms with Gasteiger partial charge in [-0.2, -0.15) is 5.10 Å². The highest BCUT2D eigenvalue weighted by Crippen LogP contribution is 2.26. The summed E-state index contributed by atoms with van der Waals surface area (Å²) in [5, 5.41) is 12.5. The normalized spacial score (nSPS) is 26.5. The van der Waals surface area contributed by atoms with Crippen LogP contribution < -0.4 is 10.6 Å². The van der Waals surface area contributed by atoms with Gasteiger partial charge in [-0.3, -0.25) is 0 Å². The number of aromatic nitrogens is 2. The number of nitrogens with zero attached hydrogens (tertiary/aromatic N) is 2. The van der Waals surface area contributed by atoms with E-state index in [0.29, 0.717) is 23.0 Å². The Balaban J connectivity index is 1.52. The van der Waals surface area contributed by atoms with Crippen molar-refractivity contribution in [1.82, 2.24) is 20.4 Å². The molecule has 2 aromatic rings. The summed E-state index contributed by atoms with van der Waals surface area (Å²) in [7, 11) is 0. The Morgan fingerprint density at radius 3 is 2.67 bits per heavy atom. The molecule has 2 atom stereocenters. The van der Waals surface area contributed by atoms with Gasteiger partial charge in [0.1, 0.15) is 5.15 Å². The molecule has 0 radical (unpaired) electrons. The van der Waals surface area contributed by atoms with Gasteiger partial charge in [-0.05, 0) is 19.1 Å². The van der Waals surface area contributed by atoms with Crippen LogP contribution in [0.3, 0.4) is 0 Å². The lowest BCUT2D eigenvalue weighted by atomic mass is 9.83. The van der Waals surface area contributed by atoms with Gasteiger partial charge in [0.05, 0.1) is 24.6 Å². The molecular weight excluding hydrogens is 324 g/mol. The Bertz CT molecular complexity index is 681. The van der Waals surface area contributed by atoms with Gasteiger partial charge in [-0.1, -0.05) is 29.8 Å². The van der Waals surface area contributed by atoms with Crippen molar-refractivity contribution in [1.29, 1.82) is 0 Å². The van der Waals surface area contributed by atoms with Gasteiger partial charge < -0.3 is 15.4 Å². The van der Waals surface area contributed by atoms with Gasteiger partial charge in [0.15, 0.2) is 0 Å². The summed E-state index contributed by atoms with van der Waals surface area (Å²) in [5.74, 6) is 1.06. The second kappa shape index (κ2) is 6.84. The minimum Gasteiger partial charge on any atom is -0.381 e. The first kappa shape index (κ1) is 16.1. The maximum Gasteiger partial charge on any atom is 0.137 e. The summed E-state index contributed by atoms with van der Waals surface area (Å²) in [6.45, 7) is 6.46. The molecular formula is C18H23ClN4O. The zero-order chi connectivity index (χ0) is 16.5. The predicted octanol–water partition coefficient (Wildman–Crippen LogP) is 2.16. The molecule has 1 aromatic heterocycles. The molecule has 2 N–H and O–H groups in total. The number of halogens is 1. The molecule has 24 heavy (non-hydrogen) atoms. The molecule has 2 saturated heterocycles. The van der Waals surface area contributed by atoms with Crippen molar-refractivity contribution < 1.29 is 4.74 Å². The third kappa shape index (κ3) is 2.97. The van der Waals surface area contributed by atoms with E-state index in [9.17, 15) is 0 Å². The van der Waals surface area contributed by atoms with E-state index >= 15 is 0 Å². The molecule has 0 amide bonds. The minimum absolute atomic E-state index is 0.482. The largest absolute Gasteiger partial charge is 0.381 e. The number of hydrogen-bond donors (Lipinski definition) is 2. The van der Waals surface area contributed by atoms with Crippen LogP contribution in [-0.4, -0.2) is 42.1 Å². The predicted molar refractivity (Wildman–Crippen MR) is 94.6 cm³/mol. The van der Waals surface area contributed by atoms with Crippen molar-refractivity contribution in [3.05, 3.63) is 46.7 Å². The summed E-state index contributed by atoms with van der Waals surface area (Å²) in [6, 6.07) is 10.5. The fraction of sp³-hybridized carbons (Fsp3) is 0.500. The molecule has 3 heterocycles. The Morgan fingerprint density at radius 1 is 1.25 bits per heavy atom. The molecule has 2 bridgehead atoms. The standard InChI is InChI=1S/C18H23ClN4O/c1-12-16(18(19)23(22-12)15-5-3-2-4-6-15)9-21-17-13-7-20-8-14(17)11-24-10-13/h2-6,13-14,17,20-21H,7-11H2,1H3. The maximum absolute atomic E-state index is 6.63. The first-order valence-corrected chi connectivity index (χ1v) is 8.93. The van der Waals surface area contributed by atoms with Crippen LogP contribution in [0.1, 0.15) is 11.3 Å². The fourth-order valence-electron chi connectivity index (χ4n) is 3.81. The van der Waals surface area contributed by atoms with Crippen LogP contribution in [0.4, 0.5) is 0 Å². The van der Waals surface area contributed by atoms with E-state index in [1.54, 1.807) is 0 Å². The molecule has 5 nitrogen and oxygen atoms in total. The Kier molecular flexibility index (Phi) is 4.59. The van der Waals surface area contributed by atoms with Crippen molar-refractivity contribution in [3.63, 3.8) is 0 Å². The van der Waals surface area contributed by atoms with Crippen LogP contribution in [0.25, 0.3) is 5.69 Å². The van der Waals surface area contributed by atoms with Crippen molar-refractivity contribution in [2.45, 2.75) is 19.5 Å². The summed E-state index contributed by atoms with van der Waals surface area (Å²) in [4.78, 5) is 0. The lowest BCUT2D eigenvalue weighted by Crippen LogP contribution is -2.59. The van der Waals surface area contributed by atoms with E-state index in [2.05, 4.69) is 15.7 Å². The molecule has 6 heteroatoms. The van der Waals surface area contributed by atoms with Crippen LogP contribution in [0.15, 0.2) is 30.3 Å². The maximum atomic E-state index is 6.63. The minimum atomic E-state index is 0.482. The number of hydrogen-bond acceptors (Lipinski definition) is 4. The molecule has 128 valence electrons. The van der Waals surface area contributed by atoms with Gasteiger partial charge in [0.2, 0.25) is 0 Å². The number of fused-ring (bicyclic) bond motifs is 2. The van der Waals surface area contributed by atoms with Crippen molar-refractivity contribution in [2.24, 2.45) is 11.8 Å². The summed E-state index contributed by atoms with van der Waals surface area (Å²) in [5.41, 5.74) is 3.05. The molecule has 2 fully saturated rings. The number of piperidine rings is 1. The van der Waals surface area contributed by atoms with Crippen LogP contribution in [0, 0.1) is 18.8 Å². The van der Waals surface area contributed by atoms with E-state index in [4.69, 9.17) is 16.3 Å². The second-order valence-electron chi connectivity index (χ2n) is 6.72. The van der Waals surface area contributed by atoms with Crippen LogP contribution in [0.2, 0.25) is 5.15 Å². The van der Waals surface area contributed by atoms with Gasteiger partial charge in [0, 0.05) is 43.1 Å². The first-order chi connectivity index (χ1) is 11.7. The van der Waals surface area contributed by atoms with E-state index in [-0.39, 0.29) is 0 Å². The number of para-hydroxylation sites is 1. The van der Waals surface area contributed by atoms with Crippen LogP contribution in [0.5, 0.6) is 0 Å². The smallest absolute Gasteiger partial charge is 0.137 e.